The van der Waals surface area contributed by atoms with Gasteiger partial charge in [-0.25, -0.2) is 4.79 Å². The normalized spacial score (nSPS) is 23.8. The summed E-state index contributed by atoms with van der Waals surface area (Å²) in [6.45, 7) is 2.57. The summed E-state index contributed by atoms with van der Waals surface area (Å²) in [7, 11) is 0. The Morgan fingerprint density at radius 3 is 2.72 bits per heavy atom. The smallest absolute Gasteiger partial charge is 0.312 e. The SMILES string of the molecule is NC(=O)NCC1CCCN(C(=O)CNC2CC2)C1. The van der Waals surface area contributed by atoms with Gasteiger partial charge in [-0.2, -0.15) is 0 Å². The van der Waals surface area contributed by atoms with Crippen molar-refractivity contribution in [2.24, 2.45) is 11.7 Å². The van der Waals surface area contributed by atoms with Gasteiger partial charge in [0.2, 0.25) is 5.91 Å². The molecule has 1 saturated carbocycles. The highest BCUT2D eigenvalue weighted by molar-refractivity contribution is 5.78. The second-order valence-corrected chi connectivity index (χ2v) is 5.25. The van der Waals surface area contributed by atoms with Crippen LogP contribution in [0.2, 0.25) is 0 Å². The molecule has 0 aromatic carbocycles. The number of hydrogen-bond acceptors (Lipinski definition) is 3. The van der Waals surface area contributed by atoms with Crippen molar-refractivity contribution >= 4 is 11.9 Å². The number of nitrogens with one attached hydrogen (secondary N) is 2. The van der Waals surface area contributed by atoms with Crippen molar-refractivity contribution < 1.29 is 9.59 Å². The summed E-state index contributed by atoms with van der Waals surface area (Å²) in [6.07, 6.45) is 4.43. The summed E-state index contributed by atoms with van der Waals surface area (Å²) < 4.78 is 0. The highest BCUT2D eigenvalue weighted by Crippen LogP contribution is 2.19. The van der Waals surface area contributed by atoms with Crippen molar-refractivity contribution in [3.05, 3.63) is 0 Å². The van der Waals surface area contributed by atoms with Gasteiger partial charge in [0.1, 0.15) is 0 Å². The van der Waals surface area contributed by atoms with Gasteiger partial charge in [0.05, 0.1) is 6.54 Å². The van der Waals surface area contributed by atoms with Crippen molar-refractivity contribution in [3.8, 4) is 0 Å². The number of urea groups is 1. The van der Waals surface area contributed by atoms with Gasteiger partial charge in [-0.3, -0.25) is 4.79 Å². The number of carbonyl (C=O) groups is 2. The first-order valence-electron chi connectivity index (χ1n) is 6.69. The maximum Gasteiger partial charge on any atom is 0.312 e. The molecule has 6 nitrogen and oxygen atoms in total. The van der Waals surface area contributed by atoms with Crippen LogP contribution in [0.4, 0.5) is 4.79 Å². The molecule has 0 aromatic rings. The van der Waals surface area contributed by atoms with E-state index in [-0.39, 0.29) is 5.91 Å². The van der Waals surface area contributed by atoms with Gasteiger partial charge >= 0.3 is 6.03 Å². The fourth-order valence-electron chi connectivity index (χ4n) is 2.33. The third kappa shape index (κ3) is 4.18. The Hall–Kier alpha value is -1.30. The third-order valence-corrected chi connectivity index (χ3v) is 3.56. The van der Waals surface area contributed by atoms with Crippen LogP contribution in [0.15, 0.2) is 0 Å². The molecule has 2 rings (SSSR count). The Morgan fingerprint density at radius 1 is 1.28 bits per heavy atom. The average molecular weight is 254 g/mol. The van der Waals surface area contributed by atoms with E-state index < -0.39 is 6.03 Å². The third-order valence-electron chi connectivity index (χ3n) is 3.56. The number of likely N-dealkylation sites (tertiary alicyclic amines) is 1. The monoisotopic (exact) mass is 254 g/mol. The number of nitrogens with zero attached hydrogens (tertiary/aromatic N) is 1. The van der Waals surface area contributed by atoms with Gasteiger partial charge in [0, 0.05) is 25.7 Å². The van der Waals surface area contributed by atoms with E-state index in [2.05, 4.69) is 10.6 Å². The molecule has 1 atom stereocenters. The zero-order valence-corrected chi connectivity index (χ0v) is 10.7. The molecule has 1 aliphatic carbocycles. The highest BCUT2D eigenvalue weighted by atomic mass is 16.2. The van der Waals surface area contributed by atoms with Gasteiger partial charge in [-0.05, 0) is 31.6 Å². The van der Waals surface area contributed by atoms with E-state index in [1.165, 1.54) is 12.8 Å². The van der Waals surface area contributed by atoms with Crippen molar-refractivity contribution in [1.29, 1.82) is 0 Å². The minimum Gasteiger partial charge on any atom is -0.352 e. The van der Waals surface area contributed by atoms with Crippen LogP contribution in [0, 0.1) is 5.92 Å². The van der Waals surface area contributed by atoms with Crippen molar-refractivity contribution in [3.63, 3.8) is 0 Å². The summed E-state index contributed by atoms with van der Waals surface area (Å²) >= 11 is 0. The molecule has 3 amide bonds. The van der Waals surface area contributed by atoms with Crippen molar-refractivity contribution in [2.75, 3.05) is 26.2 Å². The van der Waals surface area contributed by atoms with E-state index in [1.54, 1.807) is 0 Å². The van der Waals surface area contributed by atoms with Crippen LogP contribution in [-0.2, 0) is 4.79 Å². The molecule has 2 fully saturated rings. The van der Waals surface area contributed by atoms with E-state index in [9.17, 15) is 9.59 Å². The summed E-state index contributed by atoms with van der Waals surface area (Å²) in [5.41, 5.74) is 5.05. The zero-order valence-electron chi connectivity index (χ0n) is 10.7. The molecule has 18 heavy (non-hydrogen) atoms. The second-order valence-electron chi connectivity index (χ2n) is 5.25. The molecule has 0 aromatic heterocycles. The molecule has 2 aliphatic rings. The molecule has 0 bridgehead atoms. The Morgan fingerprint density at radius 2 is 2.06 bits per heavy atom. The first kappa shape index (κ1) is 13.1. The molecule has 1 aliphatic heterocycles. The quantitative estimate of drug-likeness (QED) is 0.626. The van der Waals surface area contributed by atoms with Gasteiger partial charge in [0.15, 0.2) is 0 Å². The van der Waals surface area contributed by atoms with Crippen LogP contribution in [-0.4, -0.2) is 49.1 Å². The first-order chi connectivity index (χ1) is 8.65. The maximum atomic E-state index is 12.0. The van der Waals surface area contributed by atoms with Gasteiger partial charge in [-0.15, -0.1) is 0 Å². The Bertz CT molecular complexity index is 317. The molecule has 102 valence electrons. The lowest BCUT2D eigenvalue weighted by Gasteiger charge is -2.32. The van der Waals surface area contributed by atoms with Crippen LogP contribution in [0.1, 0.15) is 25.7 Å². The van der Waals surface area contributed by atoms with Crippen molar-refractivity contribution in [1.82, 2.24) is 15.5 Å². The van der Waals surface area contributed by atoms with E-state index in [0.717, 1.165) is 25.9 Å². The maximum absolute atomic E-state index is 12.0. The first-order valence-corrected chi connectivity index (χ1v) is 6.69. The van der Waals surface area contributed by atoms with Crippen molar-refractivity contribution in [2.45, 2.75) is 31.7 Å². The molecule has 1 unspecified atom stereocenters. The summed E-state index contributed by atoms with van der Waals surface area (Å²) in [5.74, 6) is 0.502. The van der Waals surface area contributed by atoms with E-state index in [1.807, 2.05) is 4.90 Å². The zero-order chi connectivity index (χ0) is 13.0. The molecule has 0 spiro atoms. The molecular formula is C12H22N4O2. The van der Waals surface area contributed by atoms with Gasteiger partial charge in [-0.1, -0.05) is 0 Å². The van der Waals surface area contributed by atoms with E-state index >= 15 is 0 Å². The second kappa shape index (κ2) is 6.04. The van der Waals surface area contributed by atoms with Crippen LogP contribution < -0.4 is 16.4 Å². The van der Waals surface area contributed by atoms with Crippen LogP contribution in [0.5, 0.6) is 0 Å². The lowest BCUT2D eigenvalue weighted by molar-refractivity contribution is -0.132. The Kier molecular flexibility index (Phi) is 4.41. The molecule has 1 saturated heterocycles. The standard InChI is InChI=1S/C12H22N4O2/c13-12(18)15-6-9-2-1-5-16(8-9)11(17)7-14-10-3-4-10/h9-10,14H,1-8H2,(H3,13,15,18). The number of carbonyl (C=O) groups excluding carboxylic acids is 2. The number of primary amides is 1. The number of nitrogens with two attached hydrogens (primary N) is 1. The topological polar surface area (TPSA) is 87.5 Å². The fourth-order valence-corrected chi connectivity index (χ4v) is 2.33. The van der Waals surface area contributed by atoms with E-state index in [0.29, 0.717) is 25.0 Å². The average Bonchev–Trinajstić information content (AvgIpc) is 3.18. The minimum atomic E-state index is -0.492. The van der Waals surface area contributed by atoms with Crippen LogP contribution >= 0.6 is 0 Å². The number of rotatable bonds is 5. The predicted octanol–water partition coefficient (Wildman–Crippen LogP) is -0.355. The fraction of sp³-hybridized carbons (Fsp3) is 0.833. The van der Waals surface area contributed by atoms with Gasteiger partial charge in [0.25, 0.3) is 0 Å². The minimum absolute atomic E-state index is 0.172. The molecular weight excluding hydrogens is 232 g/mol. The molecule has 6 heteroatoms. The molecule has 0 radical (unpaired) electrons. The summed E-state index contributed by atoms with van der Waals surface area (Å²) in [5, 5.41) is 5.86. The largest absolute Gasteiger partial charge is 0.352 e. The van der Waals surface area contributed by atoms with E-state index in [4.69, 9.17) is 5.73 Å². The number of amides is 3. The number of hydrogen-bond donors (Lipinski definition) is 3. The molecule has 4 N–H and O–H groups in total. The van der Waals surface area contributed by atoms with Crippen LogP contribution in [0.25, 0.3) is 0 Å². The Labute approximate surface area is 107 Å². The van der Waals surface area contributed by atoms with Gasteiger partial charge < -0.3 is 21.3 Å². The summed E-state index contributed by atoms with van der Waals surface area (Å²) in [4.78, 5) is 24.5. The number of piperidine rings is 1. The Balaban J connectivity index is 1.70. The lowest BCUT2D eigenvalue weighted by atomic mass is 9.98. The molecule has 1 heterocycles. The van der Waals surface area contributed by atoms with Crippen LogP contribution in [0.3, 0.4) is 0 Å². The predicted molar refractivity (Wildman–Crippen MR) is 67.9 cm³/mol. The summed E-state index contributed by atoms with van der Waals surface area (Å²) in [6, 6.07) is 0.0694. The highest BCUT2D eigenvalue weighted by Gasteiger charge is 2.26. The lowest BCUT2D eigenvalue weighted by Crippen LogP contribution is -2.47.